The molecule has 0 aliphatic carbocycles. The molecule has 3 aliphatic heterocycles. The second kappa shape index (κ2) is 10.0. The van der Waals surface area contributed by atoms with Crippen molar-refractivity contribution in [1.29, 1.82) is 0 Å². The molecule has 4 heterocycles. The largest absolute Gasteiger partial charge is 0.483 e. The fourth-order valence-electron chi connectivity index (χ4n) is 5.59. The molecule has 0 spiro atoms. The minimum Gasteiger partial charge on any atom is -0.483 e. The smallest absolute Gasteiger partial charge is 0.151 e. The number of fused-ring (bicyclic) bond motifs is 3. The van der Waals surface area contributed by atoms with Crippen LogP contribution in [0.2, 0.25) is 0 Å². The quantitative estimate of drug-likeness (QED) is 0.591. The van der Waals surface area contributed by atoms with Crippen molar-refractivity contribution in [2.75, 3.05) is 57.3 Å². The molecule has 2 aromatic carbocycles. The van der Waals surface area contributed by atoms with Crippen LogP contribution in [0.5, 0.6) is 5.75 Å². The molecule has 3 aromatic rings. The maximum absolute atomic E-state index is 9.15. The van der Waals surface area contributed by atoms with E-state index in [-0.39, 0.29) is 6.61 Å². The SMILES string of the molecule is OCCN1CCN(c2ccc(-c3ccc4c(c3)OCc3nc(CN5CCCCC5)cn3-4)cc2)CC1. The molecule has 0 bridgehead atoms. The third-order valence-electron chi connectivity index (χ3n) is 7.59. The van der Waals surface area contributed by atoms with Gasteiger partial charge in [0.05, 0.1) is 18.0 Å². The Kier molecular flexibility index (Phi) is 6.46. The van der Waals surface area contributed by atoms with Crippen molar-refractivity contribution in [3.8, 4) is 22.6 Å². The fourth-order valence-corrected chi connectivity index (χ4v) is 5.59. The number of piperazine rings is 1. The molecule has 0 radical (unpaired) electrons. The first-order valence-corrected chi connectivity index (χ1v) is 13.0. The number of aliphatic hydroxyl groups is 1. The molecular formula is C28H35N5O2. The third-order valence-corrected chi connectivity index (χ3v) is 7.59. The Balaban J connectivity index is 1.16. The number of hydrogen-bond donors (Lipinski definition) is 1. The van der Waals surface area contributed by atoms with Gasteiger partial charge in [-0.15, -0.1) is 0 Å². The molecule has 0 unspecified atom stereocenters. The highest BCUT2D eigenvalue weighted by atomic mass is 16.5. The molecule has 2 fully saturated rings. The van der Waals surface area contributed by atoms with Crippen LogP contribution in [0.25, 0.3) is 16.8 Å². The summed E-state index contributed by atoms with van der Waals surface area (Å²) < 4.78 is 8.35. The van der Waals surface area contributed by atoms with Gasteiger partial charge in [0.2, 0.25) is 0 Å². The van der Waals surface area contributed by atoms with Crippen molar-refractivity contribution >= 4 is 5.69 Å². The maximum Gasteiger partial charge on any atom is 0.151 e. The number of aromatic nitrogens is 2. The topological polar surface area (TPSA) is 57.0 Å². The summed E-state index contributed by atoms with van der Waals surface area (Å²) in [5.74, 6) is 1.90. The normalized spacial score (nSPS) is 18.7. The first-order valence-electron chi connectivity index (χ1n) is 13.0. The van der Waals surface area contributed by atoms with Gasteiger partial charge in [-0.3, -0.25) is 14.4 Å². The lowest BCUT2D eigenvalue weighted by molar-refractivity contribution is 0.189. The number of piperidine rings is 1. The van der Waals surface area contributed by atoms with E-state index in [9.17, 15) is 0 Å². The number of nitrogens with zero attached hydrogens (tertiary/aromatic N) is 5. The zero-order valence-corrected chi connectivity index (χ0v) is 20.4. The number of ether oxygens (including phenoxy) is 1. The Morgan fingerprint density at radius 3 is 2.37 bits per heavy atom. The monoisotopic (exact) mass is 473 g/mol. The van der Waals surface area contributed by atoms with Gasteiger partial charge in [0.1, 0.15) is 12.4 Å². The molecule has 1 aromatic heterocycles. The molecule has 35 heavy (non-hydrogen) atoms. The standard InChI is InChI=1S/C28H35N5O2/c34-17-16-30-12-14-32(15-13-30)25-7-4-22(5-8-25)23-6-9-26-27(18-23)35-21-28-29-24(20-33(26)28)19-31-10-2-1-3-11-31/h4-9,18,20,34H,1-3,10-17,19,21H2. The zero-order chi connectivity index (χ0) is 23.6. The first-order chi connectivity index (χ1) is 17.3. The molecule has 0 saturated carbocycles. The summed E-state index contributed by atoms with van der Waals surface area (Å²) in [6.45, 7) is 8.80. The van der Waals surface area contributed by atoms with Crippen molar-refractivity contribution in [2.24, 2.45) is 0 Å². The summed E-state index contributed by atoms with van der Waals surface area (Å²) in [5.41, 5.74) is 5.83. The lowest BCUT2D eigenvalue weighted by Crippen LogP contribution is -2.47. The van der Waals surface area contributed by atoms with Gasteiger partial charge in [-0.05, 0) is 61.3 Å². The average molecular weight is 474 g/mol. The van der Waals surface area contributed by atoms with E-state index in [2.05, 4.69) is 67.9 Å². The van der Waals surface area contributed by atoms with E-state index >= 15 is 0 Å². The van der Waals surface area contributed by atoms with Gasteiger partial charge >= 0.3 is 0 Å². The van der Waals surface area contributed by atoms with Crippen LogP contribution >= 0.6 is 0 Å². The summed E-state index contributed by atoms with van der Waals surface area (Å²) in [7, 11) is 0. The molecule has 3 aliphatic rings. The highest BCUT2D eigenvalue weighted by Crippen LogP contribution is 2.35. The molecular weight excluding hydrogens is 438 g/mol. The van der Waals surface area contributed by atoms with E-state index in [0.29, 0.717) is 6.61 Å². The molecule has 7 heteroatoms. The number of imidazole rings is 1. The molecule has 1 N–H and O–H groups in total. The van der Waals surface area contributed by atoms with E-state index in [1.54, 1.807) is 0 Å². The average Bonchev–Trinajstić information content (AvgIpc) is 3.33. The van der Waals surface area contributed by atoms with Crippen LogP contribution in [0, 0.1) is 0 Å². The van der Waals surface area contributed by atoms with Crippen LogP contribution in [0.3, 0.4) is 0 Å². The van der Waals surface area contributed by atoms with Crippen molar-refractivity contribution in [3.05, 3.63) is 60.2 Å². The van der Waals surface area contributed by atoms with E-state index in [4.69, 9.17) is 14.8 Å². The summed E-state index contributed by atoms with van der Waals surface area (Å²) in [5, 5.41) is 9.15. The minimum absolute atomic E-state index is 0.237. The lowest BCUT2D eigenvalue weighted by atomic mass is 10.0. The lowest BCUT2D eigenvalue weighted by Gasteiger charge is -2.35. The number of rotatable bonds is 6. The summed E-state index contributed by atoms with van der Waals surface area (Å²) in [6.07, 6.45) is 6.14. The second-order valence-corrected chi connectivity index (χ2v) is 9.93. The highest BCUT2D eigenvalue weighted by molar-refractivity contribution is 5.70. The maximum atomic E-state index is 9.15. The Hall–Kier alpha value is -2.87. The number of aliphatic hydroxyl groups excluding tert-OH is 1. The number of hydrogen-bond acceptors (Lipinski definition) is 6. The van der Waals surface area contributed by atoms with Crippen LogP contribution in [-0.2, 0) is 13.2 Å². The number of benzene rings is 2. The second-order valence-electron chi connectivity index (χ2n) is 9.93. The third kappa shape index (κ3) is 4.81. The first kappa shape index (κ1) is 22.6. The summed E-state index contributed by atoms with van der Waals surface area (Å²) >= 11 is 0. The Morgan fingerprint density at radius 1 is 0.829 bits per heavy atom. The Labute approximate surface area is 207 Å². The summed E-state index contributed by atoms with van der Waals surface area (Å²) in [6, 6.07) is 15.4. The van der Waals surface area contributed by atoms with Gasteiger partial charge in [0.15, 0.2) is 5.82 Å². The molecule has 2 saturated heterocycles. The van der Waals surface area contributed by atoms with Crippen LogP contribution in [0.15, 0.2) is 48.7 Å². The van der Waals surface area contributed by atoms with Crippen LogP contribution in [0.4, 0.5) is 5.69 Å². The van der Waals surface area contributed by atoms with E-state index in [1.807, 2.05) is 0 Å². The van der Waals surface area contributed by atoms with E-state index in [0.717, 1.165) is 62.2 Å². The van der Waals surface area contributed by atoms with Crippen molar-refractivity contribution in [2.45, 2.75) is 32.4 Å². The molecule has 6 rings (SSSR count). The van der Waals surface area contributed by atoms with Crippen molar-refractivity contribution in [3.63, 3.8) is 0 Å². The molecule has 7 nitrogen and oxygen atoms in total. The van der Waals surface area contributed by atoms with Crippen LogP contribution in [-0.4, -0.2) is 76.9 Å². The van der Waals surface area contributed by atoms with Gasteiger partial charge in [-0.2, -0.15) is 0 Å². The fraction of sp³-hybridized carbons (Fsp3) is 0.464. The van der Waals surface area contributed by atoms with E-state index in [1.165, 1.54) is 49.2 Å². The van der Waals surface area contributed by atoms with Crippen molar-refractivity contribution < 1.29 is 9.84 Å². The molecule has 184 valence electrons. The molecule has 0 amide bonds. The van der Waals surface area contributed by atoms with Crippen LogP contribution < -0.4 is 9.64 Å². The van der Waals surface area contributed by atoms with Crippen LogP contribution in [0.1, 0.15) is 30.8 Å². The zero-order valence-electron chi connectivity index (χ0n) is 20.4. The van der Waals surface area contributed by atoms with E-state index < -0.39 is 0 Å². The highest BCUT2D eigenvalue weighted by Gasteiger charge is 2.22. The number of anilines is 1. The Bertz CT molecular complexity index is 1140. The van der Waals surface area contributed by atoms with Gasteiger partial charge < -0.3 is 14.7 Å². The summed E-state index contributed by atoms with van der Waals surface area (Å²) in [4.78, 5) is 12.1. The number of β-amino-alcohol motifs (C(OH)–C–C–N with tert-alkyl or cyclic N) is 1. The van der Waals surface area contributed by atoms with Crippen molar-refractivity contribution in [1.82, 2.24) is 19.4 Å². The minimum atomic E-state index is 0.237. The van der Waals surface area contributed by atoms with Gasteiger partial charge in [-0.1, -0.05) is 24.6 Å². The predicted molar refractivity (Wildman–Crippen MR) is 138 cm³/mol. The van der Waals surface area contributed by atoms with Gasteiger partial charge in [-0.25, -0.2) is 4.98 Å². The molecule has 0 atom stereocenters. The van der Waals surface area contributed by atoms with Gasteiger partial charge in [0, 0.05) is 51.2 Å². The van der Waals surface area contributed by atoms with Gasteiger partial charge in [0.25, 0.3) is 0 Å². The Morgan fingerprint density at radius 2 is 1.60 bits per heavy atom. The predicted octanol–water partition coefficient (Wildman–Crippen LogP) is 3.53. The number of likely N-dealkylation sites (tertiary alicyclic amines) is 1.